The molecule has 1 atom stereocenters. The maximum absolute atomic E-state index is 5.80. The Hall–Kier alpha value is -0.520. The van der Waals surface area contributed by atoms with Crippen LogP contribution in [0.5, 0.6) is 0 Å². The Kier molecular flexibility index (Phi) is 11.2. The van der Waals surface area contributed by atoms with Gasteiger partial charge in [-0.3, -0.25) is 0 Å². The molecule has 0 N–H and O–H groups in total. The highest BCUT2D eigenvalue weighted by molar-refractivity contribution is 5.05. The van der Waals surface area contributed by atoms with Crippen LogP contribution in [0, 0.1) is 18.8 Å². The fourth-order valence-electron chi connectivity index (χ4n) is 2.14. The van der Waals surface area contributed by atoms with Gasteiger partial charge in [0.05, 0.1) is 6.61 Å². The molecule has 105 valence electrons. The Morgan fingerprint density at radius 2 is 2.00 bits per heavy atom. The minimum Gasteiger partial charge on any atom is -0.381 e. The van der Waals surface area contributed by atoms with Gasteiger partial charge in [0, 0.05) is 12.5 Å². The Morgan fingerprint density at radius 3 is 2.50 bits per heavy atom. The van der Waals surface area contributed by atoms with Crippen LogP contribution >= 0.6 is 0 Å². The molecule has 18 heavy (non-hydrogen) atoms. The first-order valence-corrected chi connectivity index (χ1v) is 7.41. The second-order valence-corrected chi connectivity index (χ2v) is 5.42. The highest BCUT2D eigenvalue weighted by atomic mass is 16.5. The van der Waals surface area contributed by atoms with Crippen LogP contribution in [0.1, 0.15) is 59.3 Å². The summed E-state index contributed by atoms with van der Waals surface area (Å²) >= 11 is 0. The van der Waals surface area contributed by atoms with E-state index in [1.165, 1.54) is 18.4 Å². The van der Waals surface area contributed by atoms with Crippen molar-refractivity contribution in [2.24, 2.45) is 11.8 Å². The first kappa shape index (κ1) is 17.5. The molecule has 0 rings (SSSR count). The Morgan fingerprint density at radius 1 is 1.28 bits per heavy atom. The van der Waals surface area contributed by atoms with Crippen molar-refractivity contribution >= 4 is 0 Å². The topological polar surface area (TPSA) is 9.23 Å². The predicted octanol–water partition coefficient (Wildman–Crippen LogP) is 5.18. The second-order valence-electron chi connectivity index (χ2n) is 5.42. The normalized spacial score (nSPS) is 12.5. The molecule has 0 fully saturated rings. The lowest BCUT2D eigenvalue weighted by Crippen LogP contribution is -2.14. The zero-order valence-electron chi connectivity index (χ0n) is 12.6. The average molecular weight is 251 g/mol. The largest absolute Gasteiger partial charge is 0.381 e. The molecule has 0 amide bonds. The van der Waals surface area contributed by atoms with Crippen molar-refractivity contribution in [3.05, 3.63) is 24.8 Å². The van der Waals surface area contributed by atoms with Crippen molar-refractivity contribution in [3.63, 3.8) is 0 Å². The third-order valence-electron chi connectivity index (χ3n) is 3.09. The first-order valence-electron chi connectivity index (χ1n) is 7.41. The van der Waals surface area contributed by atoms with Crippen LogP contribution < -0.4 is 0 Å². The molecule has 0 aliphatic heterocycles. The van der Waals surface area contributed by atoms with Gasteiger partial charge in [-0.2, -0.15) is 0 Å². The van der Waals surface area contributed by atoms with E-state index in [0.29, 0.717) is 11.8 Å². The smallest absolute Gasteiger partial charge is 0.0537 e. The van der Waals surface area contributed by atoms with Crippen LogP contribution in [0.2, 0.25) is 0 Å². The zero-order chi connectivity index (χ0) is 13.8. The van der Waals surface area contributed by atoms with E-state index in [0.717, 1.165) is 38.9 Å². The molecule has 1 heteroatoms. The molecular weight excluding hydrogens is 220 g/mol. The van der Waals surface area contributed by atoms with E-state index in [2.05, 4.69) is 40.0 Å². The molecule has 0 bridgehead atoms. The van der Waals surface area contributed by atoms with E-state index in [9.17, 15) is 0 Å². The lowest BCUT2D eigenvalue weighted by molar-refractivity contribution is 0.102. The number of hydrogen-bond acceptors (Lipinski definition) is 1. The highest BCUT2D eigenvalue weighted by Gasteiger charge is 2.14. The lowest BCUT2D eigenvalue weighted by atomic mass is 9.89. The van der Waals surface area contributed by atoms with Crippen LogP contribution in [0.25, 0.3) is 0 Å². The molecule has 1 nitrogen and oxygen atoms in total. The monoisotopic (exact) mass is 251 g/mol. The van der Waals surface area contributed by atoms with Gasteiger partial charge >= 0.3 is 0 Å². The maximum atomic E-state index is 5.80. The molecule has 0 saturated heterocycles. The van der Waals surface area contributed by atoms with Crippen molar-refractivity contribution in [1.82, 2.24) is 0 Å². The molecule has 0 aromatic heterocycles. The standard InChI is InChI=1S/C17H31O/c1-6-9-10-12-18-14-17(11-7-2)16(8-3)13-15(4)5/h15,17H,1,3,6-7,9-14H2,2,4-5H3. The van der Waals surface area contributed by atoms with Crippen LogP contribution in [0.4, 0.5) is 0 Å². The quantitative estimate of drug-likeness (QED) is 0.363. The van der Waals surface area contributed by atoms with Crippen molar-refractivity contribution in [3.8, 4) is 0 Å². The molecule has 0 heterocycles. The maximum Gasteiger partial charge on any atom is 0.0537 e. The van der Waals surface area contributed by atoms with Gasteiger partial charge in [0.1, 0.15) is 0 Å². The summed E-state index contributed by atoms with van der Waals surface area (Å²) in [5.74, 6) is 1.18. The zero-order valence-corrected chi connectivity index (χ0v) is 12.6. The summed E-state index contributed by atoms with van der Waals surface area (Å²) < 4.78 is 5.80. The number of ether oxygens (including phenoxy) is 1. The summed E-state index contributed by atoms with van der Waals surface area (Å²) in [5, 5.41) is 0. The van der Waals surface area contributed by atoms with Gasteiger partial charge in [0.2, 0.25) is 0 Å². The van der Waals surface area contributed by atoms with Gasteiger partial charge in [-0.15, -0.1) is 5.73 Å². The van der Waals surface area contributed by atoms with Gasteiger partial charge in [-0.1, -0.05) is 53.5 Å². The third kappa shape index (κ3) is 8.55. The van der Waals surface area contributed by atoms with Gasteiger partial charge < -0.3 is 4.74 Å². The molecule has 0 aliphatic rings. The summed E-state index contributed by atoms with van der Waals surface area (Å²) in [5.41, 5.74) is 4.50. The van der Waals surface area contributed by atoms with Crippen LogP contribution in [-0.4, -0.2) is 13.2 Å². The van der Waals surface area contributed by atoms with Crippen LogP contribution in [0.15, 0.2) is 17.9 Å². The van der Waals surface area contributed by atoms with Gasteiger partial charge in [-0.25, -0.2) is 0 Å². The molecular formula is C17H31O. The van der Waals surface area contributed by atoms with Crippen LogP contribution in [0.3, 0.4) is 0 Å². The van der Waals surface area contributed by atoms with E-state index < -0.39 is 0 Å². The molecule has 1 radical (unpaired) electrons. The van der Waals surface area contributed by atoms with Crippen molar-refractivity contribution in [2.75, 3.05) is 13.2 Å². The summed E-state index contributed by atoms with van der Waals surface area (Å²) in [6.07, 6.45) is 6.76. The molecule has 0 aromatic rings. The number of unbranched alkanes of at least 4 members (excludes halogenated alkanes) is 2. The van der Waals surface area contributed by atoms with Gasteiger partial charge in [0.15, 0.2) is 0 Å². The lowest BCUT2D eigenvalue weighted by Gasteiger charge is -2.20. The molecule has 0 aliphatic carbocycles. The Bertz CT molecular complexity index is 236. The van der Waals surface area contributed by atoms with Crippen LogP contribution in [-0.2, 0) is 4.74 Å². The minimum atomic E-state index is 0.509. The fraction of sp³-hybridized carbons (Fsp3) is 0.765. The summed E-state index contributed by atoms with van der Waals surface area (Å²) in [4.78, 5) is 0. The Balaban J connectivity index is 4.14. The van der Waals surface area contributed by atoms with Crippen molar-refractivity contribution < 1.29 is 4.74 Å². The Labute approximate surface area is 114 Å². The van der Waals surface area contributed by atoms with E-state index in [4.69, 9.17) is 4.74 Å². The summed E-state index contributed by atoms with van der Waals surface area (Å²) in [6.45, 7) is 16.1. The molecule has 0 aromatic carbocycles. The molecule has 1 unspecified atom stereocenters. The number of hydrogen-bond donors (Lipinski definition) is 0. The SMILES string of the molecule is [CH2]CCCCOCC(CCC)C(=C=C)CC(C)C. The fourth-order valence-corrected chi connectivity index (χ4v) is 2.14. The second kappa shape index (κ2) is 11.6. The average Bonchev–Trinajstić information content (AvgIpc) is 2.34. The summed E-state index contributed by atoms with van der Waals surface area (Å²) in [6, 6.07) is 0. The van der Waals surface area contributed by atoms with Crippen molar-refractivity contribution in [1.29, 1.82) is 0 Å². The summed E-state index contributed by atoms with van der Waals surface area (Å²) in [7, 11) is 0. The van der Waals surface area contributed by atoms with E-state index in [-0.39, 0.29) is 0 Å². The van der Waals surface area contributed by atoms with E-state index in [1.807, 2.05) is 0 Å². The molecule has 0 saturated carbocycles. The first-order chi connectivity index (χ1) is 8.65. The number of rotatable bonds is 11. The predicted molar refractivity (Wildman–Crippen MR) is 80.5 cm³/mol. The van der Waals surface area contributed by atoms with Gasteiger partial charge in [-0.05, 0) is 30.8 Å². The van der Waals surface area contributed by atoms with Crippen molar-refractivity contribution in [2.45, 2.75) is 59.3 Å². The molecule has 0 spiro atoms. The highest BCUT2D eigenvalue weighted by Crippen LogP contribution is 2.23. The van der Waals surface area contributed by atoms with E-state index in [1.54, 1.807) is 0 Å². The van der Waals surface area contributed by atoms with E-state index >= 15 is 0 Å². The third-order valence-corrected chi connectivity index (χ3v) is 3.09. The van der Waals surface area contributed by atoms with Gasteiger partial charge in [0.25, 0.3) is 0 Å². The minimum absolute atomic E-state index is 0.509.